The first kappa shape index (κ1) is 17.6. The van der Waals surface area contributed by atoms with Gasteiger partial charge in [0.2, 0.25) is 10.0 Å². The van der Waals surface area contributed by atoms with Gasteiger partial charge in [0.1, 0.15) is 0 Å². The number of piperazine rings is 1. The molecule has 1 aliphatic rings. The van der Waals surface area contributed by atoms with Crippen molar-refractivity contribution in [3.63, 3.8) is 0 Å². The summed E-state index contributed by atoms with van der Waals surface area (Å²) >= 11 is 0. The van der Waals surface area contributed by atoms with E-state index >= 15 is 0 Å². The van der Waals surface area contributed by atoms with E-state index < -0.39 is 14.9 Å². The van der Waals surface area contributed by atoms with E-state index in [4.69, 9.17) is 4.74 Å². The summed E-state index contributed by atoms with van der Waals surface area (Å²) in [7, 11) is -2.43. The molecule has 0 aromatic heterocycles. The van der Waals surface area contributed by atoms with Gasteiger partial charge in [-0.15, -0.1) is 0 Å². The van der Waals surface area contributed by atoms with Crippen LogP contribution in [0.5, 0.6) is 5.75 Å². The maximum Gasteiger partial charge on any atom is 0.312 e. The van der Waals surface area contributed by atoms with Gasteiger partial charge in [0.25, 0.3) is 0 Å². The molecule has 8 nitrogen and oxygen atoms in total. The van der Waals surface area contributed by atoms with Gasteiger partial charge in [-0.05, 0) is 25.1 Å². The van der Waals surface area contributed by atoms with Gasteiger partial charge in [0, 0.05) is 32.2 Å². The van der Waals surface area contributed by atoms with Crippen molar-refractivity contribution in [1.82, 2.24) is 9.21 Å². The van der Waals surface area contributed by atoms with Crippen LogP contribution in [0.2, 0.25) is 0 Å². The smallest absolute Gasteiger partial charge is 0.312 e. The van der Waals surface area contributed by atoms with Crippen LogP contribution in [-0.2, 0) is 10.0 Å². The molecule has 0 unspecified atom stereocenters. The lowest BCUT2D eigenvalue weighted by atomic mass is 10.3. The molecule has 128 valence electrons. The highest BCUT2D eigenvalue weighted by molar-refractivity contribution is 7.89. The number of nitro benzene ring substituents is 1. The maximum absolute atomic E-state index is 12.7. The molecular formula is C14H21N3O5S. The second kappa shape index (κ2) is 7.24. The lowest BCUT2D eigenvalue weighted by Gasteiger charge is -2.33. The molecule has 0 N–H and O–H groups in total. The number of nitrogens with zero attached hydrogens (tertiary/aromatic N) is 3. The molecule has 0 aliphatic carbocycles. The first-order valence-electron chi connectivity index (χ1n) is 7.45. The first-order chi connectivity index (χ1) is 10.9. The fraction of sp³-hybridized carbons (Fsp3) is 0.571. The zero-order valence-electron chi connectivity index (χ0n) is 13.3. The van der Waals surface area contributed by atoms with Crippen molar-refractivity contribution in [2.45, 2.75) is 18.2 Å². The van der Waals surface area contributed by atoms with Gasteiger partial charge in [-0.1, -0.05) is 6.92 Å². The molecule has 0 saturated carbocycles. The number of methoxy groups -OCH3 is 1. The lowest BCUT2D eigenvalue weighted by molar-refractivity contribution is -0.386. The average molecular weight is 343 g/mol. The normalized spacial score (nSPS) is 17.1. The molecule has 0 spiro atoms. The van der Waals surface area contributed by atoms with Crippen LogP contribution >= 0.6 is 0 Å². The Balaban J connectivity index is 2.23. The summed E-state index contributed by atoms with van der Waals surface area (Å²) in [6.07, 6.45) is 1.03. The minimum atomic E-state index is -3.73. The summed E-state index contributed by atoms with van der Waals surface area (Å²) in [5.74, 6) is 0.0433. The van der Waals surface area contributed by atoms with E-state index in [0.29, 0.717) is 26.2 Å². The highest BCUT2D eigenvalue weighted by Crippen LogP contribution is 2.30. The zero-order valence-corrected chi connectivity index (χ0v) is 14.1. The SMILES string of the molecule is CCCN1CCN(S(=O)(=O)c2ccc(OC)c([N+](=O)[O-])c2)CC1. The zero-order chi connectivity index (χ0) is 17.0. The van der Waals surface area contributed by atoms with Crippen LogP contribution in [-0.4, -0.2) is 62.4 Å². The molecule has 1 saturated heterocycles. The number of hydrogen-bond donors (Lipinski definition) is 0. The summed E-state index contributed by atoms with van der Waals surface area (Å²) in [6, 6.07) is 3.73. The second-order valence-electron chi connectivity index (χ2n) is 5.34. The highest BCUT2D eigenvalue weighted by Gasteiger charge is 2.30. The number of hydrogen-bond acceptors (Lipinski definition) is 6. The summed E-state index contributed by atoms with van der Waals surface area (Å²) in [5.41, 5.74) is -0.349. The molecule has 0 bridgehead atoms. The molecule has 0 amide bonds. The van der Waals surface area contributed by atoms with Gasteiger partial charge < -0.3 is 9.64 Å². The molecule has 23 heavy (non-hydrogen) atoms. The summed E-state index contributed by atoms with van der Waals surface area (Å²) in [4.78, 5) is 12.6. The van der Waals surface area contributed by atoms with Crippen LogP contribution in [0.25, 0.3) is 0 Å². The predicted molar refractivity (Wildman–Crippen MR) is 85.1 cm³/mol. The molecule has 2 rings (SSSR count). The largest absolute Gasteiger partial charge is 0.490 e. The summed E-state index contributed by atoms with van der Waals surface area (Å²) in [5, 5.41) is 11.1. The predicted octanol–water partition coefficient (Wildman–Crippen LogP) is 1.32. The number of ether oxygens (including phenoxy) is 1. The quantitative estimate of drug-likeness (QED) is 0.571. The van der Waals surface area contributed by atoms with E-state index in [1.165, 1.54) is 23.5 Å². The van der Waals surface area contributed by atoms with Gasteiger partial charge in [-0.25, -0.2) is 8.42 Å². The Kier molecular flexibility index (Phi) is 5.55. The van der Waals surface area contributed by atoms with Gasteiger partial charge in [0.05, 0.1) is 16.9 Å². The van der Waals surface area contributed by atoms with Crippen LogP contribution in [0.15, 0.2) is 23.1 Å². The topological polar surface area (TPSA) is 93.0 Å². The Morgan fingerprint density at radius 2 is 1.91 bits per heavy atom. The van der Waals surface area contributed by atoms with E-state index in [2.05, 4.69) is 11.8 Å². The third-order valence-electron chi connectivity index (χ3n) is 3.86. The van der Waals surface area contributed by atoms with Crippen molar-refractivity contribution in [1.29, 1.82) is 0 Å². The molecule has 0 atom stereocenters. The third-order valence-corrected chi connectivity index (χ3v) is 5.75. The van der Waals surface area contributed by atoms with E-state index in [1.807, 2.05) is 0 Å². The van der Waals surface area contributed by atoms with Crippen molar-refractivity contribution in [2.75, 3.05) is 39.8 Å². The standard InChI is InChI=1S/C14H21N3O5S/c1-3-6-15-7-9-16(10-8-15)23(20,21)12-4-5-14(22-2)13(11-12)17(18)19/h4-5,11H,3,6-10H2,1-2H3. The number of nitro groups is 1. The van der Waals surface area contributed by atoms with Crippen molar-refractivity contribution in [3.8, 4) is 5.75 Å². The Morgan fingerprint density at radius 3 is 2.43 bits per heavy atom. The fourth-order valence-corrected chi connectivity index (χ4v) is 4.07. The van der Waals surface area contributed by atoms with Gasteiger partial charge in [-0.3, -0.25) is 10.1 Å². The van der Waals surface area contributed by atoms with E-state index in [1.54, 1.807) is 0 Å². The van der Waals surface area contributed by atoms with Crippen LogP contribution < -0.4 is 4.74 Å². The molecule has 9 heteroatoms. The van der Waals surface area contributed by atoms with Gasteiger partial charge >= 0.3 is 5.69 Å². The van der Waals surface area contributed by atoms with Crippen molar-refractivity contribution in [3.05, 3.63) is 28.3 Å². The minimum absolute atomic E-state index is 0.0433. The Labute approximate surface area is 135 Å². The molecular weight excluding hydrogens is 322 g/mol. The van der Waals surface area contributed by atoms with Gasteiger partial charge in [-0.2, -0.15) is 4.31 Å². The van der Waals surface area contributed by atoms with Gasteiger partial charge in [0.15, 0.2) is 5.75 Å². The fourth-order valence-electron chi connectivity index (χ4n) is 2.63. The van der Waals surface area contributed by atoms with E-state index in [-0.39, 0.29) is 16.3 Å². The Bertz CT molecular complexity index is 669. The summed E-state index contributed by atoms with van der Waals surface area (Å²) < 4.78 is 31.6. The average Bonchev–Trinajstić information content (AvgIpc) is 2.55. The molecule has 1 aliphatic heterocycles. The number of benzene rings is 1. The first-order valence-corrected chi connectivity index (χ1v) is 8.89. The Hall–Kier alpha value is -1.71. The molecule has 1 aromatic carbocycles. The van der Waals surface area contributed by atoms with Crippen LogP contribution in [0.1, 0.15) is 13.3 Å². The van der Waals surface area contributed by atoms with Crippen molar-refractivity contribution >= 4 is 15.7 Å². The molecule has 1 heterocycles. The monoisotopic (exact) mass is 343 g/mol. The lowest BCUT2D eigenvalue weighted by Crippen LogP contribution is -2.48. The van der Waals surface area contributed by atoms with Crippen molar-refractivity contribution < 1.29 is 18.1 Å². The van der Waals surface area contributed by atoms with Crippen LogP contribution in [0.3, 0.4) is 0 Å². The van der Waals surface area contributed by atoms with Crippen molar-refractivity contribution in [2.24, 2.45) is 0 Å². The Morgan fingerprint density at radius 1 is 1.26 bits per heavy atom. The van der Waals surface area contributed by atoms with E-state index in [0.717, 1.165) is 19.0 Å². The third kappa shape index (κ3) is 3.80. The van der Waals surface area contributed by atoms with Crippen LogP contribution in [0.4, 0.5) is 5.69 Å². The second-order valence-corrected chi connectivity index (χ2v) is 7.27. The summed E-state index contributed by atoms with van der Waals surface area (Å²) in [6.45, 7) is 5.16. The minimum Gasteiger partial charge on any atom is -0.490 e. The number of sulfonamides is 1. The molecule has 1 fully saturated rings. The molecule has 1 aromatic rings. The highest BCUT2D eigenvalue weighted by atomic mass is 32.2. The maximum atomic E-state index is 12.7. The van der Waals surface area contributed by atoms with E-state index in [9.17, 15) is 18.5 Å². The number of rotatable bonds is 6. The van der Waals surface area contributed by atoms with Crippen LogP contribution in [0, 0.1) is 10.1 Å². The molecule has 0 radical (unpaired) electrons.